The van der Waals surface area contributed by atoms with Gasteiger partial charge in [-0.2, -0.15) is 0 Å². The van der Waals surface area contributed by atoms with Crippen molar-refractivity contribution < 1.29 is 1.43 Å². The van der Waals surface area contributed by atoms with Crippen molar-refractivity contribution in [1.82, 2.24) is 10.2 Å². The van der Waals surface area contributed by atoms with E-state index in [4.69, 9.17) is 0 Å². The summed E-state index contributed by atoms with van der Waals surface area (Å²) in [7, 11) is 2.22. The van der Waals surface area contributed by atoms with E-state index in [1.54, 1.807) is 0 Å². The molecule has 0 spiro atoms. The maximum atomic E-state index is 3.70. The third-order valence-corrected chi connectivity index (χ3v) is 4.19. The highest BCUT2D eigenvalue weighted by Gasteiger charge is 2.34. The Morgan fingerprint density at radius 2 is 2.19 bits per heavy atom. The number of nitrogens with zero attached hydrogens (tertiary/aromatic N) is 1. The van der Waals surface area contributed by atoms with Gasteiger partial charge in [-0.15, -0.1) is 0 Å². The van der Waals surface area contributed by atoms with Crippen molar-refractivity contribution in [2.75, 3.05) is 26.7 Å². The van der Waals surface area contributed by atoms with E-state index in [0.29, 0.717) is 0 Å². The van der Waals surface area contributed by atoms with Gasteiger partial charge < -0.3 is 10.2 Å². The van der Waals surface area contributed by atoms with E-state index < -0.39 is 0 Å². The van der Waals surface area contributed by atoms with Crippen LogP contribution in [0.4, 0.5) is 0 Å². The van der Waals surface area contributed by atoms with Gasteiger partial charge >= 0.3 is 0 Å². The number of hydrogen-bond donors (Lipinski definition) is 1. The Bertz CT molecular complexity index is 316. The minimum atomic E-state index is 0. The van der Waals surface area contributed by atoms with Crippen LogP contribution >= 0.6 is 0 Å². The highest BCUT2D eigenvalue weighted by molar-refractivity contribution is 5.31. The Morgan fingerprint density at radius 1 is 1.38 bits per heavy atom. The molecule has 1 saturated heterocycles. The van der Waals surface area contributed by atoms with Crippen LogP contribution in [0.5, 0.6) is 0 Å². The van der Waals surface area contributed by atoms with Crippen molar-refractivity contribution in [2.45, 2.75) is 25.3 Å². The monoisotopic (exact) mass is 220 g/mol. The van der Waals surface area contributed by atoms with E-state index in [-0.39, 0.29) is 1.43 Å². The summed E-state index contributed by atoms with van der Waals surface area (Å²) in [5, 5.41) is 3.70. The van der Waals surface area contributed by atoms with Crippen LogP contribution in [0, 0.1) is 11.8 Å². The van der Waals surface area contributed by atoms with E-state index in [2.05, 4.69) is 35.5 Å². The fourth-order valence-corrected chi connectivity index (χ4v) is 2.82. The first-order valence-corrected chi connectivity index (χ1v) is 6.62. The summed E-state index contributed by atoms with van der Waals surface area (Å²) in [5.41, 5.74) is 1.51. The van der Waals surface area contributed by atoms with Crippen molar-refractivity contribution in [3.05, 3.63) is 23.8 Å². The largest absolute Gasteiger partial charge is 0.310 e. The average molecular weight is 220 g/mol. The zero-order valence-corrected chi connectivity index (χ0v) is 10.2. The molecule has 1 N–H and O–H groups in total. The summed E-state index contributed by atoms with van der Waals surface area (Å²) < 4.78 is 0. The molecule has 0 aromatic heterocycles. The quantitative estimate of drug-likeness (QED) is 0.783. The lowest BCUT2D eigenvalue weighted by molar-refractivity contribution is 0.237. The molecule has 2 heteroatoms. The normalized spacial score (nSPS) is 34.7. The number of hydrogen-bond acceptors (Lipinski definition) is 2. The molecule has 0 aromatic rings. The Balaban J connectivity index is 0.00000108. The van der Waals surface area contributed by atoms with Crippen LogP contribution < -0.4 is 5.32 Å². The van der Waals surface area contributed by atoms with Gasteiger partial charge in [0.25, 0.3) is 0 Å². The molecular formula is C14H24N2. The lowest BCUT2D eigenvalue weighted by atomic mass is 10.0. The summed E-state index contributed by atoms with van der Waals surface area (Å²) in [6.45, 7) is 3.57. The first-order valence-electron chi connectivity index (χ1n) is 6.62. The molecule has 2 atom stereocenters. The number of fused-ring (bicyclic) bond motifs is 1. The predicted molar refractivity (Wildman–Crippen MR) is 69.5 cm³/mol. The maximum absolute atomic E-state index is 3.70. The minimum absolute atomic E-state index is 0. The van der Waals surface area contributed by atoms with E-state index >= 15 is 0 Å². The van der Waals surface area contributed by atoms with Crippen molar-refractivity contribution >= 4 is 0 Å². The third-order valence-electron chi connectivity index (χ3n) is 4.19. The second-order valence-electron chi connectivity index (χ2n) is 5.62. The molecule has 2 nitrogen and oxygen atoms in total. The highest BCUT2D eigenvalue weighted by Crippen LogP contribution is 2.44. The lowest BCUT2D eigenvalue weighted by Gasteiger charge is -2.29. The Morgan fingerprint density at radius 3 is 2.94 bits per heavy atom. The maximum Gasteiger partial charge on any atom is 0.0204 e. The summed E-state index contributed by atoms with van der Waals surface area (Å²) in [4.78, 5) is 2.42. The number of likely N-dealkylation sites (tertiary alicyclic amines) is 1. The highest BCUT2D eigenvalue weighted by atomic mass is 15.1. The van der Waals surface area contributed by atoms with Crippen molar-refractivity contribution in [3.63, 3.8) is 0 Å². The van der Waals surface area contributed by atoms with Gasteiger partial charge in [0.15, 0.2) is 0 Å². The number of piperidine rings is 1. The summed E-state index contributed by atoms with van der Waals surface area (Å²) in [6.07, 6.45) is 11.2. The zero-order chi connectivity index (χ0) is 11.0. The van der Waals surface area contributed by atoms with Crippen LogP contribution in [0.25, 0.3) is 0 Å². The Labute approximate surface area is 99.9 Å². The summed E-state index contributed by atoms with van der Waals surface area (Å²) >= 11 is 0. The first-order chi connectivity index (χ1) is 7.81. The van der Waals surface area contributed by atoms with Gasteiger partial charge in [-0.05, 0) is 56.8 Å². The van der Waals surface area contributed by atoms with Crippen LogP contribution in [0.3, 0.4) is 0 Å². The molecule has 2 fully saturated rings. The first kappa shape index (κ1) is 10.5. The molecule has 1 aliphatic heterocycles. The molecule has 1 heterocycles. The van der Waals surface area contributed by atoms with E-state index in [1.165, 1.54) is 37.9 Å². The predicted octanol–water partition coefficient (Wildman–Crippen LogP) is 2.05. The number of rotatable bonds is 3. The number of allylic oxidation sites excluding steroid dienone is 2. The molecule has 0 bridgehead atoms. The van der Waals surface area contributed by atoms with Gasteiger partial charge in [0.2, 0.25) is 0 Å². The molecule has 0 aromatic carbocycles. The van der Waals surface area contributed by atoms with Crippen molar-refractivity contribution in [3.8, 4) is 0 Å². The third kappa shape index (κ3) is 2.38. The van der Waals surface area contributed by atoms with Gasteiger partial charge in [0.05, 0.1) is 0 Å². The van der Waals surface area contributed by atoms with Crippen LogP contribution in [-0.4, -0.2) is 37.6 Å². The fraction of sp³-hybridized carbons (Fsp3) is 0.714. The smallest absolute Gasteiger partial charge is 0.0204 e. The molecule has 0 amide bonds. The zero-order valence-electron chi connectivity index (χ0n) is 10.2. The van der Waals surface area contributed by atoms with Gasteiger partial charge in [0.1, 0.15) is 0 Å². The van der Waals surface area contributed by atoms with Gasteiger partial charge in [-0.3, -0.25) is 0 Å². The second-order valence-corrected chi connectivity index (χ2v) is 5.62. The average Bonchev–Trinajstić information content (AvgIpc) is 3.06. The topological polar surface area (TPSA) is 15.3 Å². The van der Waals surface area contributed by atoms with Crippen LogP contribution in [-0.2, 0) is 0 Å². The van der Waals surface area contributed by atoms with Crippen LogP contribution in [0.1, 0.15) is 20.7 Å². The second kappa shape index (κ2) is 4.34. The van der Waals surface area contributed by atoms with E-state index in [9.17, 15) is 0 Å². The number of nitrogens with one attached hydrogen (secondary N) is 1. The fourth-order valence-electron chi connectivity index (χ4n) is 2.82. The standard InChI is InChI=1S/C14H22N2.H2/c1-16-6-4-14(5-7-16)15-10-11-2-3-12-9-13(12)8-11;/h2-3,8,12-15H,4-7,9-10H2,1H3;1H. The van der Waals surface area contributed by atoms with Crippen LogP contribution in [0.2, 0.25) is 0 Å². The Kier molecular flexibility index (Phi) is 2.86. The van der Waals surface area contributed by atoms with Crippen molar-refractivity contribution in [2.24, 2.45) is 11.8 Å². The molecule has 3 rings (SSSR count). The molecule has 2 unspecified atom stereocenters. The lowest BCUT2D eigenvalue weighted by Crippen LogP contribution is -2.41. The minimum Gasteiger partial charge on any atom is -0.310 e. The molecule has 0 radical (unpaired) electrons. The van der Waals surface area contributed by atoms with Gasteiger partial charge in [0, 0.05) is 14.0 Å². The van der Waals surface area contributed by atoms with Gasteiger partial charge in [-0.1, -0.05) is 18.2 Å². The van der Waals surface area contributed by atoms with Crippen LogP contribution in [0.15, 0.2) is 23.8 Å². The molecular weight excluding hydrogens is 196 g/mol. The molecule has 16 heavy (non-hydrogen) atoms. The summed E-state index contributed by atoms with van der Waals surface area (Å²) in [6, 6.07) is 0.738. The molecule has 2 aliphatic carbocycles. The van der Waals surface area contributed by atoms with E-state index in [1.807, 2.05) is 0 Å². The molecule has 3 aliphatic rings. The molecule has 1 saturated carbocycles. The SMILES string of the molecule is CN1CCC(NCC2=CC3CC3C=C2)CC1.[HH]. The van der Waals surface area contributed by atoms with E-state index in [0.717, 1.165) is 24.4 Å². The summed E-state index contributed by atoms with van der Waals surface area (Å²) in [5.74, 6) is 1.78. The van der Waals surface area contributed by atoms with Gasteiger partial charge in [-0.25, -0.2) is 0 Å². The Hall–Kier alpha value is -0.600. The molecule has 90 valence electrons. The van der Waals surface area contributed by atoms with Crippen molar-refractivity contribution in [1.29, 1.82) is 0 Å².